The first-order valence-corrected chi connectivity index (χ1v) is 4.83. The van der Waals surface area contributed by atoms with Crippen LogP contribution in [0.4, 0.5) is 4.79 Å². The van der Waals surface area contributed by atoms with Gasteiger partial charge in [0.2, 0.25) is 0 Å². The molecule has 0 aliphatic carbocycles. The summed E-state index contributed by atoms with van der Waals surface area (Å²) >= 11 is 0. The molecule has 11 nitrogen and oxygen atoms in total. The zero-order valence-electron chi connectivity index (χ0n) is 8.87. The molecule has 2 amide bonds. The Balaban J connectivity index is 2.56. The van der Waals surface area contributed by atoms with Crippen LogP contribution in [0, 0.1) is 4.91 Å². The molecule has 2 unspecified atom stereocenters. The standard InChI is InChI=1S/C7H13N3O8/c11-1-2(12)6(15)18-4(1)3(13)5(14)8-7(16)9-10-17/h1-6,11-15H,(H2,8,9,16,17)/t1-,2-,3+,4+,5?,6?/m1/s1. The fourth-order valence-electron chi connectivity index (χ4n) is 1.44. The van der Waals surface area contributed by atoms with E-state index < -0.39 is 43.0 Å². The fraction of sp³-hybridized carbons (Fsp3) is 0.857. The zero-order valence-corrected chi connectivity index (χ0v) is 8.87. The number of carbonyl (C=O) groups is 1. The first-order valence-electron chi connectivity index (χ1n) is 4.83. The van der Waals surface area contributed by atoms with E-state index in [9.17, 15) is 25.0 Å². The smallest absolute Gasteiger partial charge is 0.339 e. The van der Waals surface area contributed by atoms with Gasteiger partial charge >= 0.3 is 6.03 Å². The first-order chi connectivity index (χ1) is 8.38. The third kappa shape index (κ3) is 3.10. The highest BCUT2D eigenvalue weighted by atomic mass is 16.6. The molecule has 11 heteroatoms. The number of hydrogen-bond acceptors (Lipinski definition) is 9. The number of rotatable bonds is 4. The number of nitrogens with one attached hydrogen (secondary N) is 2. The van der Waals surface area contributed by atoms with Crippen LogP contribution in [-0.2, 0) is 4.74 Å². The number of aliphatic hydroxyl groups is 5. The van der Waals surface area contributed by atoms with Crippen molar-refractivity contribution in [2.45, 2.75) is 36.9 Å². The number of hydrogen-bond donors (Lipinski definition) is 7. The Morgan fingerprint density at radius 1 is 1.22 bits per heavy atom. The molecule has 0 aromatic rings. The van der Waals surface area contributed by atoms with Gasteiger partial charge in [-0.3, -0.25) is 0 Å². The van der Waals surface area contributed by atoms with Crippen molar-refractivity contribution >= 4 is 6.03 Å². The molecule has 18 heavy (non-hydrogen) atoms. The number of carbonyl (C=O) groups excluding carboxylic acids is 1. The van der Waals surface area contributed by atoms with Crippen LogP contribution in [0.25, 0.3) is 0 Å². The van der Waals surface area contributed by atoms with Gasteiger partial charge in [0.15, 0.2) is 12.5 Å². The van der Waals surface area contributed by atoms with Gasteiger partial charge in [-0.25, -0.2) is 4.79 Å². The number of nitroso groups, excluding NO2 is 1. The highest BCUT2D eigenvalue weighted by molar-refractivity contribution is 5.73. The first kappa shape index (κ1) is 14.7. The summed E-state index contributed by atoms with van der Waals surface area (Å²) < 4.78 is 4.60. The second-order valence-corrected chi connectivity index (χ2v) is 3.58. The van der Waals surface area contributed by atoms with Crippen LogP contribution in [0.3, 0.4) is 0 Å². The molecule has 0 bridgehead atoms. The lowest BCUT2D eigenvalue weighted by molar-refractivity contribution is -0.162. The zero-order chi connectivity index (χ0) is 13.9. The maximum Gasteiger partial charge on any atom is 0.339 e. The Hall–Kier alpha value is -1.37. The molecule has 0 saturated carbocycles. The van der Waals surface area contributed by atoms with Crippen LogP contribution in [0.1, 0.15) is 0 Å². The number of amides is 2. The maximum absolute atomic E-state index is 10.8. The van der Waals surface area contributed by atoms with Gasteiger partial charge in [0, 0.05) is 0 Å². The molecule has 0 radical (unpaired) electrons. The second-order valence-electron chi connectivity index (χ2n) is 3.58. The molecular weight excluding hydrogens is 254 g/mol. The van der Waals surface area contributed by atoms with Gasteiger partial charge in [-0.15, -0.1) is 4.91 Å². The average molecular weight is 267 g/mol. The summed E-state index contributed by atoms with van der Waals surface area (Å²) in [6, 6.07) is -1.19. The summed E-state index contributed by atoms with van der Waals surface area (Å²) in [5.41, 5.74) is 1.40. The van der Waals surface area contributed by atoms with Crippen molar-refractivity contribution in [1.29, 1.82) is 0 Å². The molecule has 1 aliphatic rings. The van der Waals surface area contributed by atoms with Crippen LogP contribution in [0.5, 0.6) is 0 Å². The summed E-state index contributed by atoms with van der Waals surface area (Å²) in [7, 11) is 0. The van der Waals surface area contributed by atoms with Crippen LogP contribution in [0.15, 0.2) is 5.29 Å². The predicted molar refractivity (Wildman–Crippen MR) is 52.4 cm³/mol. The number of aliphatic hydroxyl groups excluding tert-OH is 5. The van der Waals surface area contributed by atoms with Crippen molar-refractivity contribution in [1.82, 2.24) is 10.7 Å². The molecule has 0 spiro atoms. The summed E-state index contributed by atoms with van der Waals surface area (Å²) in [6.45, 7) is 0. The summed E-state index contributed by atoms with van der Waals surface area (Å²) in [6.07, 6.45) is -10.3. The van der Waals surface area contributed by atoms with Crippen LogP contribution in [0.2, 0.25) is 0 Å². The Bertz CT molecular complexity index is 315. The Labute approximate surface area is 99.9 Å². The summed E-state index contributed by atoms with van der Waals surface area (Å²) in [5, 5.41) is 50.2. The number of ether oxygens (including phenoxy) is 1. The molecular formula is C7H13N3O8. The largest absolute Gasteiger partial charge is 0.387 e. The second kappa shape index (κ2) is 5.99. The summed E-state index contributed by atoms with van der Waals surface area (Å²) in [5.74, 6) is 0. The molecule has 1 heterocycles. The van der Waals surface area contributed by atoms with E-state index >= 15 is 0 Å². The Kier molecular flexibility index (Phi) is 4.89. The third-order valence-corrected chi connectivity index (χ3v) is 2.36. The van der Waals surface area contributed by atoms with Crippen LogP contribution in [-0.4, -0.2) is 68.5 Å². The van der Waals surface area contributed by atoms with E-state index in [1.54, 1.807) is 5.32 Å². The lowest BCUT2D eigenvalue weighted by Gasteiger charge is -2.25. The molecule has 1 aliphatic heterocycles. The third-order valence-electron chi connectivity index (χ3n) is 2.36. The minimum atomic E-state index is -1.91. The fourth-order valence-corrected chi connectivity index (χ4v) is 1.44. The molecule has 7 N–H and O–H groups in total. The highest BCUT2D eigenvalue weighted by Crippen LogP contribution is 2.23. The van der Waals surface area contributed by atoms with Crippen molar-refractivity contribution in [3.8, 4) is 0 Å². The number of nitrogens with zero attached hydrogens (tertiary/aromatic N) is 1. The van der Waals surface area contributed by atoms with Gasteiger partial charge in [-0.1, -0.05) is 0 Å². The van der Waals surface area contributed by atoms with E-state index in [4.69, 9.17) is 10.2 Å². The Morgan fingerprint density at radius 2 is 1.83 bits per heavy atom. The van der Waals surface area contributed by atoms with Crippen LogP contribution >= 0.6 is 0 Å². The summed E-state index contributed by atoms with van der Waals surface area (Å²) in [4.78, 5) is 20.5. The van der Waals surface area contributed by atoms with E-state index in [0.29, 0.717) is 0 Å². The average Bonchev–Trinajstić information content (AvgIpc) is 2.56. The van der Waals surface area contributed by atoms with Gasteiger partial charge in [-0.05, 0) is 0 Å². The molecule has 1 saturated heterocycles. The predicted octanol–water partition coefficient (Wildman–Crippen LogP) is -3.91. The molecule has 1 fully saturated rings. The maximum atomic E-state index is 10.8. The van der Waals surface area contributed by atoms with Crippen molar-refractivity contribution in [2.24, 2.45) is 5.29 Å². The molecule has 104 valence electrons. The van der Waals surface area contributed by atoms with E-state index in [2.05, 4.69) is 4.74 Å². The highest BCUT2D eigenvalue weighted by Gasteiger charge is 2.47. The lowest BCUT2D eigenvalue weighted by Crippen LogP contribution is -2.53. The van der Waals surface area contributed by atoms with Gasteiger partial charge in [0.1, 0.15) is 24.4 Å². The Morgan fingerprint density at radius 3 is 2.28 bits per heavy atom. The van der Waals surface area contributed by atoms with Crippen molar-refractivity contribution in [3.05, 3.63) is 4.91 Å². The van der Waals surface area contributed by atoms with Gasteiger partial charge in [-0.2, -0.15) is 5.43 Å². The molecule has 6 atom stereocenters. The number of urea groups is 1. The monoisotopic (exact) mass is 267 g/mol. The molecule has 0 aromatic heterocycles. The quantitative estimate of drug-likeness (QED) is 0.153. The van der Waals surface area contributed by atoms with E-state index in [1.165, 1.54) is 5.43 Å². The normalized spacial score (nSPS) is 34.7. The topological polar surface area (TPSA) is 181 Å². The van der Waals surface area contributed by atoms with E-state index in [1.807, 2.05) is 5.29 Å². The molecule has 1 rings (SSSR count). The van der Waals surface area contributed by atoms with Crippen LogP contribution < -0.4 is 10.7 Å². The van der Waals surface area contributed by atoms with Crippen molar-refractivity contribution < 1.29 is 35.1 Å². The van der Waals surface area contributed by atoms with E-state index in [-0.39, 0.29) is 0 Å². The van der Waals surface area contributed by atoms with Crippen molar-refractivity contribution in [2.75, 3.05) is 0 Å². The SMILES string of the molecule is O=NNC(=O)NC(O)[C@@H](O)[C@H]1OC(O)[C@H](O)[C@H]1O. The molecule has 0 aromatic carbocycles. The van der Waals surface area contributed by atoms with Gasteiger partial charge in [0.25, 0.3) is 0 Å². The van der Waals surface area contributed by atoms with E-state index in [0.717, 1.165) is 0 Å². The van der Waals surface area contributed by atoms with Gasteiger partial charge in [0.05, 0.1) is 5.29 Å². The minimum absolute atomic E-state index is 1.19. The van der Waals surface area contributed by atoms with Gasteiger partial charge < -0.3 is 35.6 Å². The lowest BCUT2D eigenvalue weighted by atomic mass is 10.0. The van der Waals surface area contributed by atoms with Crippen molar-refractivity contribution in [3.63, 3.8) is 0 Å². The minimum Gasteiger partial charge on any atom is -0.387 e.